The van der Waals surface area contributed by atoms with Gasteiger partial charge in [0.1, 0.15) is 4.90 Å². The van der Waals surface area contributed by atoms with Gasteiger partial charge in [-0.2, -0.15) is 0 Å². The highest BCUT2D eigenvalue weighted by Gasteiger charge is 2.23. The van der Waals surface area contributed by atoms with E-state index < -0.39 is 16.1 Å². The molecule has 0 bridgehead atoms. The van der Waals surface area contributed by atoms with Gasteiger partial charge in [-0.15, -0.1) is 0 Å². The van der Waals surface area contributed by atoms with E-state index in [1.54, 1.807) is 19.9 Å². The molecule has 18 heavy (non-hydrogen) atoms. The monoisotopic (exact) mass is 311 g/mol. The maximum atomic E-state index is 12.1. The molecule has 0 radical (unpaired) electrons. The van der Waals surface area contributed by atoms with E-state index in [-0.39, 0.29) is 16.5 Å². The summed E-state index contributed by atoms with van der Waals surface area (Å²) in [5.74, 6) is 0. The molecule has 0 aliphatic rings. The summed E-state index contributed by atoms with van der Waals surface area (Å²) in [6, 6.07) is 1.62. The Balaban J connectivity index is 3.32. The lowest BCUT2D eigenvalue weighted by Crippen LogP contribution is -2.31. The minimum atomic E-state index is -3.79. The van der Waals surface area contributed by atoms with E-state index in [9.17, 15) is 8.42 Å². The van der Waals surface area contributed by atoms with Crippen molar-refractivity contribution in [3.63, 3.8) is 0 Å². The highest BCUT2D eigenvalue weighted by atomic mass is 35.5. The molecule has 0 saturated carbocycles. The van der Waals surface area contributed by atoms with Crippen LogP contribution >= 0.6 is 23.2 Å². The summed E-state index contributed by atoms with van der Waals surface area (Å²) in [4.78, 5) is -0.0326. The number of hydrogen-bond donors (Lipinski definition) is 2. The molecular weight excluding hydrogens is 297 g/mol. The Bertz CT molecular complexity index is 530. The van der Waals surface area contributed by atoms with Gasteiger partial charge >= 0.3 is 0 Å². The Morgan fingerprint density at radius 2 is 1.94 bits per heavy atom. The van der Waals surface area contributed by atoms with Gasteiger partial charge in [0.05, 0.1) is 11.1 Å². The molecule has 2 N–H and O–H groups in total. The van der Waals surface area contributed by atoms with Crippen LogP contribution in [0.5, 0.6) is 0 Å². The molecule has 1 atom stereocenters. The topological polar surface area (TPSA) is 66.4 Å². The fraction of sp³-hybridized carbons (Fsp3) is 0.455. The summed E-state index contributed by atoms with van der Waals surface area (Å²) in [7, 11) is -3.79. The lowest BCUT2D eigenvalue weighted by Gasteiger charge is -2.14. The normalized spacial score (nSPS) is 13.7. The van der Waals surface area contributed by atoms with Gasteiger partial charge in [-0.05, 0) is 38.0 Å². The molecule has 0 saturated heterocycles. The van der Waals surface area contributed by atoms with Crippen molar-refractivity contribution < 1.29 is 13.5 Å². The van der Waals surface area contributed by atoms with Gasteiger partial charge in [0.15, 0.2) is 0 Å². The van der Waals surface area contributed by atoms with Crippen LogP contribution in [0, 0.1) is 13.8 Å². The van der Waals surface area contributed by atoms with E-state index in [1.807, 2.05) is 0 Å². The zero-order valence-electron chi connectivity index (χ0n) is 10.3. The van der Waals surface area contributed by atoms with E-state index in [4.69, 9.17) is 28.3 Å². The van der Waals surface area contributed by atoms with Crippen molar-refractivity contribution in [3.05, 3.63) is 27.2 Å². The lowest BCUT2D eigenvalue weighted by molar-refractivity contribution is 0.198. The lowest BCUT2D eigenvalue weighted by atomic mass is 10.2. The SMILES string of the molecule is Cc1cc(Cl)c(C)c(S(=O)(=O)NC[C@@H](C)O)c1Cl. The first-order chi connectivity index (χ1) is 8.16. The van der Waals surface area contributed by atoms with E-state index in [0.29, 0.717) is 16.1 Å². The van der Waals surface area contributed by atoms with Crippen LogP contribution in [-0.4, -0.2) is 26.2 Å². The number of rotatable bonds is 4. The number of halogens is 2. The summed E-state index contributed by atoms with van der Waals surface area (Å²) in [6.07, 6.45) is -0.779. The Morgan fingerprint density at radius 3 is 2.44 bits per heavy atom. The zero-order valence-corrected chi connectivity index (χ0v) is 12.6. The first-order valence-corrected chi connectivity index (χ1v) is 7.53. The van der Waals surface area contributed by atoms with Gasteiger partial charge in [-0.3, -0.25) is 0 Å². The van der Waals surface area contributed by atoms with Crippen LogP contribution in [0.25, 0.3) is 0 Å². The van der Waals surface area contributed by atoms with Crippen LogP contribution in [0.15, 0.2) is 11.0 Å². The van der Waals surface area contributed by atoms with Crippen molar-refractivity contribution in [3.8, 4) is 0 Å². The first kappa shape index (κ1) is 15.7. The molecule has 0 spiro atoms. The highest BCUT2D eigenvalue weighted by Crippen LogP contribution is 2.33. The van der Waals surface area contributed by atoms with Crippen molar-refractivity contribution in [2.24, 2.45) is 0 Å². The average Bonchev–Trinajstić information content (AvgIpc) is 2.24. The van der Waals surface area contributed by atoms with Crippen LogP contribution < -0.4 is 4.72 Å². The molecule has 1 rings (SSSR count). The maximum Gasteiger partial charge on any atom is 0.242 e. The van der Waals surface area contributed by atoms with E-state index in [2.05, 4.69) is 4.72 Å². The molecule has 0 aromatic heterocycles. The number of benzene rings is 1. The number of hydrogen-bond acceptors (Lipinski definition) is 3. The summed E-state index contributed by atoms with van der Waals surface area (Å²) < 4.78 is 26.5. The predicted octanol–water partition coefficient (Wildman–Crippen LogP) is 2.27. The van der Waals surface area contributed by atoms with Crippen molar-refractivity contribution in [1.82, 2.24) is 4.72 Å². The number of aliphatic hydroxyl groups excluding tert-OH is 1. The molecule has 102 valence electrons. The molecule has 7 heteroatoms. The minimum Gasteiger partial charge on any atom is -0.392 e. The van der Waals surface area contributed by atoms with Crippen LogP contribution in [0.4, 0.5) is 0 Å². The van der Waals surface area contributed by atoms with Crippen molar-refractivity contribution in [2.45, 2.75) is 31.8 Å². The standard InChI is InChI=1S/C11H15Cl2NO3S/c1-6-4-9(12)8(3)11(10(6)13)18(16,17)14-5-7(2)15/h4,7,14-15H,5H2,1-3H3/t7-/m1/s1. The van der Waals surface area contributed by atoms with Crippen molar-refractivity contribution in [2.75, 3.05) is 6.54 Å². The van der Waals surface area contributed by atoms with Crippen LogP contribution in [0.3, 0.4) is 0 Å². The van der Waals surface area contributed by atoms with Gasteiger partial charge in [0.25, 0.3) is 0 Å². The van der Waals surface area contributed by atoms with Gasteiger partial charge in [0.2, 0.25) is 10.0 Å². The largest absolute Gasteiger partial charge is 0.392 e. The minimum absolute atomic E-state index is 0.0326. The smallest absolute Gasteiger partial charge is 0.242 e. The van der Waals surface area contributed by atoms with E-state index in [0.717, 1.165) is 0 Å². The third kappa shape index (κ3) is 3.36. The second-order valence-corrected chi connectivity index (χ2v) is 6.63. The molecule has 4 nitrogen and oxygen atoms in total. The molecule has 0 unspecified atom stereocenters. The third-order valence-electron chi connectivity index (χ3n) is 2.43. The van der Waals surface area contributed by atoms with Gasteiger partial charge in [-0.25, -0.2) is 13.1 Å². The first-order valence-electron chi connectivity index (χ1n) is 5.29. The van der Waals surface area contributed by atoms with E-state index in [1.165, 1.54) is 6.92 Å². The van der Waals surface area contributed by atoms with E-state index >= 15 is 0 Å². The quantitative estimate of drug-likeness (QED) is 0.896. The second-order valence-electron chi connectivity index (χ2n) is 4.14. The fourth-order valence-corrected chi connectivity index (χ4v) is 3.77. The van der Waals surface area contributed by atoms with Gasteiger partial charge in [0, 0.05) is 11.6 Å². The maximum absolute atomic E-state index is 12.1. The Hall–Kier alpha value is -0.330. The molecule has 0 aliphatic carbocycles. The second kappa shape index (κ2) is 5.75. The summed E-state index contributed by atoms with van der Waals surface area (Å²) in [5, 5.41) is 9.61. The number of aliphatic hydroxyl groups is 1. The third-order valence-corrected chi connectivity index (χ3v) is 5.01. The molecule has 0 aliphatic heterocycles. The van der Waals surface area contributed by atoms with Crippen LogP contribution in [0.1, 0.15) is 18.1 Å². The molecule has 0 heterocycles. The van der Waals surface area contributed by atoms with Gasteiger partial charge in [-0.1, -0.05) is 23.2 Å². The summed E-state index contributed by atoms with van der Waals surface area (Å²) in [6.45, 7) is 4.68. The zero-order chi connectivity index (χ0) is 14.1. The van der Waals surface area contributed by atoms with Crippen molar-refractivity contribution in [1.29, 1.82) is 0 Å². The summed E-state index contributed by atoms with van der Waals surface area (Å²) >= 11 is 12.0. The molecule has 0 fully saturated rings. The molecular formula is C11H15Cl2NO3S. The van der Waals surface area contributed by atoms with Crippen molar-refractivity contribution >= 4 is 33.2 Å². The number of aryl methyl sites for hydroxylation is 1. The molecule has 1 aromatic carbocycles. The van der Waals surface area contributed by atoms with Gasteiger partial charge < -0.3 is 5.11 Å². The Morgan fingerprint density at radius 1 is 1.39 bits per heavy atom. The Labute approximate surface area is 117 Å². The number of nitrogens with one attached hydrogen (secondary N) is 1. The van der Waals surface area contributed by atoms with Crippen LogP contribution in [-0.2, 0) is 10.0 Å². The fourth-order valence-electron chi connectivity index (χ4n) is 1.44. The molecule has 1 aromatic rings. The Kier molecular flexibility index (Phi) is 5.03. The predicted molar refractivity (Wildman–Crippen MR) is 72.8 cm³/mol. The summed E-state index contributed by atoms with van der Waals surface area (Å²) in [5.41, 5.74) is 0.982. The molecule has 0 amide bonds. The average molecular weight is 312 g/mol. The highest BCUT2D eigenvalue weighted by molar-refractivity contribution is 7.89. The number of sulfonamides is 1. The van der Waals surface area contributed by atoms with Crippen LogP contribution in [0.2, 0.25) is 10.0 Å².